The Labute approximate surface area is 175 Å². The third-order valence-corrected chi connectivity index (χ3v) is 5.98. The third-order valence-electron chi connectivity index (χ3n) is 4.75. The Bertz CT molecular complexity index is 964. The Morgan fingerprint density at radius 1 is 1.21 bits per heavy atom. The summed E-state index contributed by atoms with van der Waals surface area (Å²) in [4.78, 5) is 31.3. The van der Waals surface area contributed by atoms with E-state index in [4.69, 9.17) is 4.74 Å². The summed E-state index contributed by atoms with van der Waals surface area (Å²) in [6.07, 6.45) is 0.0888. The first kappa shape index (κ1) is 20.9. The van der Waals surface area contributed by atoms with E-state index in [0.29, 0.717) is 16.6 Å². The summed E-state index contributed by atoms with van der Waals surface area (Å²) in [5, 5.41) is 3.02. The molecule has 152 valence electrons. The molecule has 1 N–H and O–H groups in total. The van der Waals surface area contributed by atoms with E-state index >= 15 is 0 Å². The lowest BCUT2D eigenvalue weighted by Crippen LogP contribution is -2.30. The summed E-state index contributed by atoms with van der Waals surface area (Å²) in [5.74, 6) is 0.321. The molecule has 0 aromatic heterocycles. The van der Waals surface area contributed by atoms with Gasteiger partial charge in [-0.05, 0) is 44.0 Å². The van der Waals surface area contributed by atoms with E-state index in [1.165, 1.54) is 16.7 Å². The molecule has 2 aromatic rings. The monoisotopic (exact) mass is 411 g/mol. The largest absolute Gasteiger partial charge is 0.494 e. The van der Waals surface area contributed by atoms with Crippen molar-refractivity contribution < 1.29 is 14.3 Å². The fraction of sp³-hybridized carbons (Fsp3) is 0.318. The molecule has 7 heteroatoms. The first-order chi connectivity index (χ1) is 13.8. The van der Waals surface area contributed by atoms with Gasteiger partial charge in [-0.3, -0.25) is 14.5 Å². The number of aryl methyl sites for hydroxylation is 3. The maximum absolute atomic E-state index is 12.6. The van der Waals surface area contributed by atoms with Crippen molar-refractivity contribution in [1.29, 1.82) is 0 Å². The molecule has 1 saturated heterocycles. The van der Waals surface area contributed by atoms with E-state index in [0.717, 1.165) is 22.4 Å². The molecule has 0 radical (unpaired) electrons. The molecule has 1 aliphatic rings. The normalized spacial score (nSPS) is 17.7. The van der Waals surface area contributed by atoms with Gasteiger partial charge in [0.25, 0.3) is 0 Å². The van der Waals surface area contributed by atoms with Gasteiger partial charge in [-0.25, -0.2) is 4.99 Å². The van der Waals surface area contributed by atoms with Gasteiger partial charge in [-0.15, -0.1) is 0 Å². The number of amidine groups is 1. The Hall–Kier alpha value is -2.80. The minimum absolute atomic E-state index is 0.0888. The van der Waals surface area contributed by atoms with Crippen LogP contribution in [-0.2, 0) is 9.59 Å². The number of ether oxygens (including phenoxy) is 1. The van der Waals surface area contributed by atoms with E-state index in [1.54, 1.807) is 14.2 Å². The third kappa shape index (κ3) is 4.62. The second-order valence-corrected chi connectivity index (χ2v) is 8.27. The topological polar surface area (TPSA) is 71.0 Å². The number of nitrogens with one attached hydrogen (secondary N) is 1. The van der Waals surface area contributed by atoms with Crippen molar-refractivity contribution in [3.05, 3.63) is 53.1 Å². The summed E-state index contributed by atoms with van der Waals surface area (Å²) < 4.78 is 5.32. The van der Waals surface area contributed by atoms with Crippen LogP contribution < -0.4 is 10.1 Å². The summed E-state index contributed by atoms with van der Waals surface area (Å²) in [5.41, 5.74) is 4.63. The molecule has 1 heterocycles. The first-order valence-electron chi connectivity index (χ1n) is 9.33. The molecule has 0 spiro atoms. The number of benzene rings is 2. The number of carbonyl (C=O) groups is 2. The van der Waals surface area contributed by atoms with E-state index in [1.807, 2.05) is 57.2 Å². The van der Waals surface area contributed by atoms with Crippen LogP contribution in [0.15, 0.2) is 41.4 Å². The second kappa shape index (κ2) is 8.69. The smallest absolute Gasteiger partial charge is 0.242 e. The van der Waals surface area contributed by atoms with Crippen molar-refractivity contribution in [3.63, 3.8) is 0 Å². The van der Waals surface area contributed by atoms with Crippen molar-refractivity contribution >= 4 is 40.1 Å². The van der Waals surface area contributed by atoms with Gasteiger partial charge >= 0.3 is 0 Å². The number of para-hydroxylation sites is 2. The maximum Gasteiger partial charge on any atom is 0.242 e. The minimum atomic E-state index is -0.500. The average Bonchev–Trinajstić information content (AvgIpc) is 2.93. The van der Waals surface area contributed by atoms with Crippen LogP contribution in [0.2, 0.25) is 0 Å². The quantitative estimate of drug-likeness (QED) is 0.800. The molecule has 2 aromatic carbocycles. The molecule has 1 aliphatic heterocycles. The number of anilines is 1. The Kier molecular flexibility index (Phi) is 6.27. The van der Waals surface area contributed by atoms with Crippen molar-refractivity contribution in [3.8, 4) is 5.75 Å². The van der Waals surface area contributed by atoms with Gasteiger partial charge in [0.2, 0.25) is 11.8 Å². The number of rotatable bonds is 5. The number of carbonyl (C=O) groups excluding carboxylic acids is 2. The average molecular weight is 412 g/mol. The number of methoxy groups -OCH3 is 1. The van der Waals surface area contributed by atoms with Crippen LogP contribution in [0.25, 0.3) is 0 Å². The van der Waals surface area contributed by atoms with Gasteiger partial charge in [0, 0.05) is 19.2 Å². The summed E-state index contributed by atoms with van der Waals surface area (Å²) in [6.45, 7) is 5.96. The van der Waals surface area contributed by atoms with Crippen LogP contribution in [0.4, 0.5) is 11.4 Å². The van der Waals surface area contributed by atoms with Crippen LogP contribution in [0, 0.1) is 20.8 Å². The molecule has 3 rings (SSSR count). The fourth-order valence-corrected chi connectivity index (χ4v) is 4.51. The number of thioether (sulfide) groups is 1. The number of amides is 2. The molecular weight excluding hydrogens is 386 g/mol. The highest BCUT2D eigenvalue weighted by Gasteiger charge is 2.37. The minimum Gasteiger partial charge on any atom is -0.494 e. The molecule has 0 unspecified atom stereocenters. The molecular formula is C22H25N3O3S. The van der Waals surface area contributed by atoms with Gasteiger partial charge in [-0.1, -0.05) is 41.6 Å². The lowest BCUT2D eigenvalue weighted by atomic mass is 10.0. The fourth-order valence-electron chi connectivity index (χ4n) is 3.36. The zero-order chi connectivity index (χ0) is 21.1. The van der Waals surface area contributed by atoms with E-state index < -0.39 is 5.25 Å². The summed E-state index contributed by atoms with van der Waals surface area (Å²) >= 11 is 1.30. The second-order valence-electron chi connectivity index (χ2n) is 7.10. The number of hydrogen-bond donors (Lipinski definition) is 1. The predicted molar refractivity (Wildman–Crippen MR) is 118 cm³/mol. The highest BCUT2D eigenvalue weighted by molar-refractivity contribution is 8.15. The van der Waals surface area contributed by atoms with Crippen molar-refractivity contribution in [1.82, 2.24) is 4.90 Å². The molecule has 0 aliphatic carbocycles. The predicted octanol–water partition coefficient (Wildman–Crippen LogP) is 4.21. The number of aliphatic imine (C=N–C) groups is 1. The molecule has 2 amide bonds. The van der Waals surface area contributed by atoms with Gasteiger partial charge in [-0.2, -0.15) is 0 Å². The number of nitrogens with zero attached hydrogens (tertiary/aromatic N) is 2. The van der Waals surface area contributed by atoms with E-state index in [2.05, 4.69) is 10.3 Å². The van der Waals surface area contributed by atoms with Gasteiger partial charge < -0.3 is 10.1 Å². The summed E-state index contributed by atoms with van der Waals surface area (Å²) in [6, 6.07) is 11.4. The molecule has 1 fully saturated rings. The Morgan fingerprint density at radius 3 is 2.52 bits per heavy atom. The van der Waals surface area contributed by atoms with Gasteiger partial charge in [0.1, 0.15) is 16.7 Å². The van der Waals surface area contributed by atoms with Crippen LogP contribution in [0.3, 0.4) is 0 Å². The van der Waals surface area contributed by atoms with Crippen molar-refractivity contribution in [2.24, 2.45) is 4.99 Å². The highest BCUT2D eigenvalue weighted by atomic mass is 32.2. The lowest BCUT2D eigenvalue weighted by Gasteiger charge is -2.14. The van der Waals surface area contributed by atoms with Crippen molar-refractivity contribution in [2.45, 2.75) is 32.4 Å². The summed E-state index contributed by atoms with van der Waals surface area (Å²) in [7, 11) is 3.26. The van der Waals surface area contributed by atoms with Crippen LogP contribution in [-0.4, -0.2) is 41.3 Å². The standard InChI is InChI=1S/C22H25N3O3S/c1-13-10-14(2)20(15(3)11-13)24-19(26)12-18-21(27)25(4)22(29-18)23-16-8-6-7-9-17(16)28-5/h6-11,18H,12H2,1-5H3,(H,24,26)/t18-/m1/s1. The maximum atomic E-state index is 12.6. The molecule has 0 bridgehead atoms. The van der Waals surface area contributed by atoms with E-state index in [-0.39, 0.29) is 18.2 Å². The zero-order valence-corrected chi connectivity index (χ0v) is 18.1. The van der Waals surface area contributed by atoms with Crippen molar-refractivity contribution in [2.75, 3.05) is 19.5 Å². The molecule has 1 atom stereocenters. The van der Waals surface area contributed by atoms with Gasteiger partial charge in [0.05, 0.1) is 7.11 Å². The van der Waals surface area contributed by atoms with E-state index in [9.17, 15) is 9.59 Å². The van der Waals surface area contributed by atoms with Crippen LogP contribution in [0.1, 0.15) is 23.1 Å². The molecule has 29 heavy (non-hydrogen) atoms. The zero-order valence-electron chi connectivity index (χ0n) is 17.3. The highest BCUT2D eigenvalue weighted by Crippen LogP contribution is 2.34. The van der Waals surface area contributed by atoms with Gasteiger partial charge in [0.15, 0.2) is 5.17 Å². The number of hydrogen-bond acceptors (Lipinski definition) is 5. The molecule has 0 saturated carbocycles. The van der Waals surface area contributed by atoms with Crippen LogP contribution in [0.5, 0.6) is 5.75 Å². The molecule has 6 nitrogen and oxygen atoms in total. The SMILES string of the molecule is COc1ccccc1N=C1S[C@H](CC(=O)Nc2c(C)cc(C)cc2C)C(=O)N1C. The first-order valence-corrected chi connectivity index (χ1v) is 10.2. The Balaban J connectivity index is 1.73. The van der Waals surface area contributed by atoms with Crippen LogP contribution >= 0.6 is 11.8 Å². The lowest BCUT2D eigenvalue weighted by molar-refractivity contribution is -0.127. The Morgan fingerprint density at radius 2 is 1.86 bits per heavy atom.